The Morgan fingerprint density at radius 2 is 1.85 bits per heavy atom. The highest BCUT2D eigenvalue weighted by molar-refractivity contribution is 5.89. The fourth-order valence-electron chi connectivity index (χ4n) is 4.35. The number of carbonyl (C=O) groups excluding carboxylic acids is 2. The topological polar surface area (TPSA) is 43.9 Å². The summed E-state index contributed by atoms with van der Waals surface area (Å²) < 4.78 is 0. The van der Waals surface area contributed by atoms with Crippen molar-refractivity contribution in [2.75, 3.05) is 40.3 Å². The minimum atomic E-state index is -0.280. The summed E-state index contributed by atoms with van der Waals surface area (Å²) in [6.45, 7) is 3.69. The van der Waals surface area contributed by atoms with Crippen LogP contribution in [0.15, 0.2) is 30.3 Å². The summed E-state index contributed by atoms with van der Waals surface area (Å²) in [6.07, 6.45) is 4.46. The van der Waals surface area contributed by atoms with Crippen LogP contribution in [0.3, 0.4) is 0 Å². The Labute approximate surface area is 156 Å². The lowest BCUT2D eigenvalue weighted by Gasteiger charge is -2.34. The van der Waals surface area contributed by atoms with Gasteiger partial charge in [0.15, 0.2) is 0 Å². The molecule has 142 valence electrons. The van der Waals surface area contributed by atoms with Gasteiger partial charge in [0.25, 0.3) is 0 Å². The fourth-order valence-corrected chi connectivity index (χ4v) is 4.35. The number of carbonyl (C=O) groups is 2. The maximum absolute atomic E-state index is 13.0. The minimum Gasteiger partial charge on any atom is -0.344 e. The van der Waals surface area contributed by atoms with Crippen molar-refractivity contribution in [1.82, 2.24) is 14.7 Å². The van der Waals surface area contributed by atoms with Crippen molar-refractivity contribution in [1.29, 1.82) is 0 Å². The van der Waals surface area contributed by atoms with Crippen molar-refractivity contribution in [2.24, 2.45) is 5.92 Å². The molecule has 0 radical (unpaired) electrons. The fraction of sp³-hybridized carbons (Fsp3) is 0.619. The smallest absolute Gasteiger partial charge is 0.245 e. The third-order valence-electron chi connectivity index (χ3n) is 5.69. The summed E-state index contributed by atoms with van der Waals surface area (Å²) in [7, 11) is 4.05. The zero-order valence-corrected chi connectivity index (χ0v) is 16.1. The molecular formula is C21H31N3O2. The monoisotopic (exact) mass is 357 g/mol. The van der Waals surface area contributed by atoms with E-state index < -0.39 is 0 Å². The molecule has 5 nitrogen and oxygen atoms in total. The Bertz CT molecular complexity index is 619. The average Bonchev–Trinajstić information content (AvgIpc) is 3.11. The zero-order valence-electron chi connectivity index (χ0n) is 16.1. The van der Waals surface area contributed by atoms with Gasteiger partial charge in [0.05, 0.1) is 6.42 Å². The van der Waals surface area contributed by atoms with Gasteiger partial charge in [-0.2, -0.15) is 0 Å². The van der Waals surface area contributed by atoms with Crippen LogP contribution >= 0.6 is 0 Å². The van der Waals surface area contributed by atoms with Crippen molar-refractivity contribution in [3.05, 3.63) is 35.9 Å². The van der Waals surface area contributed by atoms with Gasteiger partial charge in [-0.25, -0.2) is 0 Å². The summed E-state index contributed by atoms with van der Waals surface area (Å²) in [5.74, 6) is 0.715. The lowest BCUT2D eigenvalue weighted by atomic mass is 9.97. The number of hydrogen-bond donors (Lipinski definition) is 0. The van der Waals surface area contributed by atoms with Gasteiger partial charge in [-0.15, -0.1) is 0 Å². The highest BCUT2D eigenvalue weighted by Crippen LogP contribution is 2.22. The van der Waals surface area contributed by atoms with Crippen LogP contribution in [0.2, 0.25) is 0 Å². The Morgan fingerprint density at radius 1 is 1.12 bits per heavy atom. The molecule has 26 heavy (non-hydrogen) atoms. The third-order valence-corrected chi connectivity index (χ3v) is 5.69. The molecule has 0 saturated carbocycles. The molecule has 0 N–H and O–H groups in total. The highest BCUT2D eigenvalue weighted by atomic mass is 16.2. The number of nitrogens with zero attached hydrogens (tertiary/aromatic N) is 3. The molecule has 2 saturated heterocycles. The van der Waals surface area contributed by atoms with Crippen LogP contribution in [-0.2, 0) is 16.0 Å². The predicted molar refractivity (Wildman–Crippen MR) is 103 cm³/mol. The molecule has 2 aliphatic rings. The van der Waals surface area contributed by atoms with E-state index >= 15 is 0 Å². The molecule has 0 spiro atoms. The molecular weight excluding hydrogens is 326 g/mol. The molecule has 2 heterocycles. The van der Waals surface area contributed by atoms with E-state index in [1.807, 2.05) is 42.3 Å². The lowest BCUT2D eigenvalue weighted by molar-refractivity contribution is -0.143. The largest absolute Gasteiger partial charge is 0.344 e. The zero-order chi connectivity index (χ0) is 18.5. The standard InChI is InChI=1S/C21H31N3O2/c1-22-12-6-10-18(15-22)16-23(2)21(26)19-11-7-13-24(19)20(25)14-17-8-4-3-5-9-17/h3-5,8-9,18-19H,6-7,10-16H2,1-2H3. The molecule has 2 atom stereocenters. The van der Waals surface area contributed by atoms with Gasteiger partial charge in [-0.3, -0.25) is 9.59 Å². The van der Waals surface area contributed by atoms with Crippen molar-refractivity contribution in [2.45, 2.75) is 38.1 Å². The Balaban J connectivity index is 1.57. The lowest BCUT2D eigenvalue weighted by Crippen LogP contribution is -2.49. The van der Waals surface area contributed by atoms with Gasteiger partial charge < -0.3 is 14.7 Å². The van der Waals surface area contributed by atoms with E-state index in [1.165, 1.54) is 12.8 Å². The summed E-state index contributed by atoms with van der Waals surface area (Å²) >= 11 is 0. The molecule has 0 aromatic heterocycles. The number of amides is 2. The number of hydrogen-bond acceptors (Lipinski definition) is 3. The summed E-state index contributed by atoms with van der Waals surface area (Å²) in [4.78, 5) is 31.7. The van der Waals surface area contributed by atoms with E-state index in [1.54, 1.807) is 4.90 Å². The third kappa shape index (κ3) is 4.64. The first-order chi connectivity index (χ1) is 12.5. The molecule has 1 aromatic rings. The molecule has 1 aromatic carbocycles. The van der Waals surface area contributed by atoms with E-state index in [0.717, 1.165) is 38.0 Å². The van der Waals surface area contributed by atoms with Gasteiger partial charge in [0, 0.05) is 26.7 Å². The van der Waals surface area contributed by atoms with Crippen LogP contribution < -0.4 is 0 Å². The predicted octanol–water partition coefficient (Wildman–Crippen LogP) is 2.02. The number of likely N-dealkylation sites (N-methyl/N-ethyl adjacent to an activating group) is 1. The molecule has 2 unspecified atom stereocenters. The number of likely N-dealkylation sites (tertiary alicyclic amines) is 2. The van der Waals surface area contributed by atoms with Crippen molar-refractivity contribution < 1.29 is 9.59 Å². The van der Waals surface area contributed by atoms with Gasteiger partial charge in [-0.1, -0.05) is 30.3 Å². The first kappa shape index (κ1) is 18.9. The average molecular weight is 357 g/mol. The Morgan fingerprint density at radius 3 is 2.58 bits per heavy atom. The number of rotatable bonds is 5. The second-order valence-corrected chi connectivity index (χ2v) is 7.90. The minimum absolute atomic E-state index is 0.0675. The number of piperidine rings is 1. The number of benzene rings is 1. The molecule has 0 bridgehead atoms. The van der Waals surface area contributed by atoms with Crippen molar-refractivity contribution in [3.63, 3.8) is 0 Å². The first-order valence-electron chi connectivity index (χ1n) is 9.81. The van der Waals surface area contributed by atoms with E-state index in [2.05, 4.69) is 11.9 Å². The van der Waals surface area contributed by atoms with Gasteiger partial charge in [-0.05, 0) is 50.8 Å². The molecule has 3 rings (SSSR count). The molecule has 2 amide bonds. The van der Waals surface area contributed by atoms with Gasteiger partial charge in [0.1, 0.15) is 6.04 Å². The normalized spacial score (nSPS) is 23.8. The first-order valence-corrected chi connectivity index (χ1v) is 9.81. The van der Waals surface area contributed by atoms with Crippen LogP contribution in [0.25, 0.3) is 0 Å². The quantitative estimate of drug-likeness (QED) is 0.810. The van der Waals surface area contributed by atoms with Crippen molar-refractivity contribution >= 4 is 11.8 Å². The second kappa shape index (κ2) is 8.67. The van der Waals surface area contributed by atoms with Gasteiger partial charge in [0.2, 0.25) is 11.8 Å². The highest BCUT2D eigenvalue weighted by Gasteiger charge is 2.36. The SMILES string of the molecule is CN1CCCC(CN(C)C(=O)C2CCCN2C(=O)Cc2ccccc2)C1. The maximum atomic E-state index is 13.0. The van der Waals surface area contributed by atoms with E-state index in [0.29, 0.717) is 18.9 Å². The summed E-state index contributed by atoms with van der Waals surface area (Å²) in [5, 5.41) is 0. The van der Waals surface area contributed by atoms with Gasteiger partial charge >= 0.3 is 0 Å². The van der Waals surface area contributed by atoms with Crippen LogP contribution in [0.1, 0.15) is 31.2 Å². The van der Waals surface area contributed by atoms with E-state index in [4.69, 9.17) is 0 Å². The molecule has 2 aliphatic heterocycles. The van der Waals surface area contributed by atoms with Crippen LogP contribution in [0.5, 0.6) is 0 Å². The van der Waals surface area contributed by atoms with E-state index in [-0.39, 0.29) is 17.9 Å². The molecule has 2 fully saturated rings. The Hall–Kier alpha value is -1.88. The summed E-state index contributed by atoms with van der Waals surface area (Å²) in [6, 6.07) is 9.51. The van der Waals surface area contributed by atoms with Crippen LogP contribution in [0.4, 0.5) is 0 Å². The second-order valence-electron chi connectivity index (χ2n) is 7.90. The molecule has 0 aliphatic carbocycles. The molecule has 5 heteroatoms. The van der Waals surface area contributed by atoms with Crippen LogP contribution in [0, 0.1) is 5.92 Å². The maximum Gasteiger partial charge on any atom is 0.245 e. The van der Waals surface area contributed by atoms with Crippen molar-refractivity contribution in [3.8, 4) is 0 Å². The summed E-state index contributed by atoms with van der Waals surface area (Å²) in [5.41, 5.74) is 1.01. The van der Waals surface area contributed by atoms with E-state index in [9.17, 15) is 9.59 Å². The Kier molecular flexibility index (Phi) is 6.30. The van der Waals surface area contributed by atoms with Crippen LogP contribution in [-0.4, -0.2) is 72.8 Å².